The van der Waals surface area contributed by atoms with Gasteiger partial charge in [0.1, 0.15) is 5.30 Å². The van der Waals surface area contributed by atoms with Gasteiger partial charge in [0.15, 0.2) is 26.0 Å². The summed E-state index contributed by atoms with van der Waals surface area (Å²) in [6.45, 7) is -1.05. The largest absolute Gasteiger partial charge is 0.319 e. The second-order valence-electron chi connectivity index (χ2n) is 3.04. The first-order valence-electron chi connectivity index (χ1n) is 4.12. The molecule has 1 aliphatic rings. The normalized spacial score (nSPS) is 21.3. The van der Waals surface area contributed by atoms with E-state index in [-0.39, 0.29) is 0 Å². The monoisotopic (exact) mass is 215 g/mol. The van der Waals surface area contributed by atoms with Gasteiger partial charge in [-0.25, -0.2) is 0 Å². The average molecular weight is 215 g/mol. The Labute approximate surface area is 83.7 Å². The fraction of sp³-hybridized carbons (Fsp3) is 0.333. The topological polar surface area (TPSA) is 18.5 Å². The van der Waals surface area contributed by atoms with Gasteiger partial charge in [-0.05, 0) is 12.1 Å². The number of hydrogen-bond acceptors (Lipinski definition) is 3. The van der Waals surface area contributed by atoms with Crippen LogP contribution in [0, 0.1) is 0 Å². The third-order valence-electron chi connectivity index (χ3n) is 2.01. The summed E-state index contributed by atoms with van der Waals surface area (Å²) >= 11 is 4.70. The zero-order valence-electron chi connectivity index (χ0n) is 7.22. The van der Waals surface area contributed by atoms with Gasteiger partial charge in [0.25, 0.3) is 0 Å². The summed E-state index contributed by atoms with van der Waals surface area (Å²) in [6, 6.07) is 10.3. The fourth-order valence-corrected chi connectivity index (χ4v) is 4.07. The van der Waals surface area contributed by atoms with Crippen molar-refractivity contribution in [1.29, 1.82) is 0 Å². The molecule has 0 spiro atoms. The van der Waals surface area contributed by atoms with Crippen LogP contribution in [0.15, 0.2) is 30.3 Å². The maximum atomic E-state index is 5.29. The zero-order chi connectivity index (χ0) is 9.15. The van der Waals surface area contributed by atoms with E-state index in [1.807, 2.05) is 18.2 Å². The zero-order valence-corrected chi connectivity index (χ0v) is 9.01. The molecule has 0 aliphatic carbocycles. The molecule has 0 unspecified atom stereocenters. The summed E-state index contributed by atoms with van der Waals surface area (Å²) < 4.78 is 10.6. The maximum Gasteiger partial charge on any atom is 0.177 e. The molecule has 1 aromatic carbocycles. The Morgan fingerprint density at radius 1 is 1.08 bits per heavy atom. The predicted octanol–water partition coefficient (Wildman–Crippen LogP) is 2.09. The molecule has 2 rings (SSSR count). The van der Waals surface area contributed by atoms with Crippen LogP contribution in [0.1, 0.15) is 0 Å². The Balaban J connectivity index is 2.23. The van der Waals surface area contributed by atoms with Gasteiger partial charge in [-0.1, -0.05) is 18.2 Å². The number of thiol groups is 1. The lowest BCUT2D eigenvalue weighted by atomic mass is 10.4. The summed E-state index contributed by atoms with van der Waals surface area (Å²) in [6.07, 6.45) is 1.44. The molecular weight excluding hydrogens is 203 g/mol. The smallest absolute Gasteiger partial charge is 0.177 e. The van der Waals surface area contributed by atoms with Gasteiger partial charge in [0, 0.05) is 12.2 Å². The molecule has 0 amide bonds. The van der Waals surface area contributed by atoms with Gasteiger partial charge in [-0.15, -0.1) is 0 Å². The summed E-state index contributed by atoms with van der Waals surface area (Å²) in [5.41, 5.74) is 0. The lowest BCUT2D eigenvalue weighted by molar-refractivity contribution is -0.0344. The Morgan fingerprint density at radius 3 is 2.31 bits per heavy atom. The van der Waals surface area contributed by atoms with Crippen LogP contribution in [-0.2, 0) is 9.47 Å². The summed E-state index contributed by atoms with van der Waals surface area (Å²) in [5.74, 6) is 0. The lowest BCUT2D eigenvalue weighted by Crippen LogP contribution is -2.22. The van der Waals surface area contributed by atoms with Crippen molar-refractivity contribution in [1.82, 2.24) is 0 Å². The third-order valence-corrected chi connectivity index (χ3v) is 5.88. The number of rotatable bonds is 1. The van der Waals surface area contributed by atoms with E-state index in [0.717, 1.165) is 12.7 Å². The van der Waals surface area contributed by atoms with Gasteiger partial charge in [0.2, 0.25) is 0 Å². The van der Waals surface area contributed by atoms with E-state index in [2.05, 4.69) is 12.1 Å². The van der Waals surface area contributed by atoms with Gasteiger partial charge in [-0.3, -0.25) is 0 Å². The molecule has 1 aromatic rings. The van der Waals surface area contributed by atoms with E-state index in [9.17, 15) is 0 Å². The SMILES string of the molecule is S[P+]1(c2ccccc2)COCOC1. The first-order chi connectivity index (χ1) is 6.31. The lowest BCUT2D eigenvalue weighted by Gasteiger charge is -2.24. The molecule has 1 fully saturated rings. The number of benzene rings is 1. The molecular formula is C9H12O2PS+. The molecule has 4 heteroatoms. The summed E-state index contributed by atoms with van der Waals surface area (Å²) in [4.78, 5) is 0. The van der Waals surface area contributed by atoms with Gasteiger partial charge in [0.05, 0.1) is 0 Å². The molecule has 1 saturated heterocycles. The van der Waals surface area contributed by atoms with Crippen molar-refractivity contribution >= 4 is 24.0 Å². The number of ether oxygens (including phenoxy) is 2. The van der Waals surface area contributed by atoms with Gasteiger partial charge >= 0.3 is 0 Å². The first kappa shape index (κ1) is 9.47. The van der Waals surface area contributed by atoms with E-state index in [1.54, 1.807) is 0 Å². The summed E-state index contributed by atoms with van der Waals surface area (Å²) in [5, 5.41) is 1.26. The summed E-state index contributed by atoms with van der Waals surface area (Å²) in [7, 11) is 0. The third kappa shape index (κ3) is 2.05. The quantitative estimate of drug-likeness (QED) is 0.571. The highest BCUT2D eigenvalue weighted by atomic mass is 32.7. The van der Waals surface area contributed by atoms with Crippen LogP contribution in [-0.4, -0.2) is 19.5 Å². The molecule has 2 nitrogen and oxygen atoms in total. The minimum Gasteiger partial charge on any atom is -0.319 e. The predicted molar refractivity (Wildman–Crippen MR) is 58.8 cm³/mol. The molecule has 0 saturated carbocycles. The fourth-order valence-electron chi connectivity index (χ4n) is 1.33. The van der Waals surface area contributed by atoms with Crippen LogP contribution >= 0.6 is 18.7 Å². The molecule has 1 heterocycles. The average Bonchev–Trinajstić information content (AvgIpc) is 2.20. The molecule has 70 valence electrons. The van der Waals surface area contributed by atoms with Crippen LogP contribution in [0.4, 0.5) is 0 Å². The van der Waals surface area contributed by atoms with Gasteiger partial charge < -0.3 is 9.47 Å². The van der Waals surface area contributed by atoms with Crippen LogP contribution in [0.25, 0.3) is 0 Å². The molecule has 1 aliphatic heterocycles. The van der Waals surface area contributed by atoms with E-state index in [1.165, 1.54) is 5.30 Å². The molecule has 0 bridgehead atoms. The second-order valence-corrected chi connectivity index (χ2v) is 8.22. The second kappa shape index (κ2) is 3.97. The van der Waals surface area contributed by atoms with Crippen molar-refractivity contribution < 1.29 is 9.47 Å². The Kier molecular flexibility index (Phi) is 2.89. The molecule has 0 aromatic heterocycles. The Hall–Kier alpha value is -0.0800. The van der Waals surface area contributed by atoms with Crippen molar-refractivity contribution in [2.75, 3.05) is 19.5 Å². The van der Waals surface area contributed by atoms with Crippen LogP contribution in [0.5, 0.6) is 0 Å². The van der Waals surface area contributed by atoms with Crippen molar-refractivity contribution in [3.8, 4) is 0 Å². The van der Waals surface area contributed by atoms with Crippen molar-refractivity contribution in [3.05, 3.63) is 30.3 Å². The molecule has 13 heavy (non-hydrogen) atoms. The molecule has 0 radical (unpaired) electrons. The highest BCUT2D eigenvalue weighted by Gasteiger charge is 2.40. The molecule has 0 atom stereocenters. The van der Waals surface area contributed by atoms with Crippen LogP contribution in [0.2, 0.25) is 0 Å². The van der Waals surface area contributed by atoms with Crippen molar-refractivity contribution in [3.63, 3.8) is 0 Å². The number of hydrogen-bond donors (Lipinski definition) is 1. The first-order valence-corrected chi connectivity index (χ1v) is 7.43. The van der Waals surface area contributed by atoms with E-state index in [4.69, 9.17) is 21.7 Å². The van der Waals surface area contributed by atoms with Gasteiger partial charge in [-0.2, -0.15) is 0 Å². The Morgan fingerprint density at radius 2 is 1.69 bits per heavy atom. The van der Waals surface area contributed by atoms with E-state index < -0.39 is 6.46 Å². The van der Waals surface area contributed by atoms with Crippen LogP contribution in [0.3, 0.4) is 0 Å². The van der Waals surface area contributed by atoms with Crippen LogP contribution < -0.4 is 5.30 Å². The van der Waals surface area contributed by atoms with Crippen molar-refractivity contribution in [2.45, 2.75) is 0 Å². The van der Waals surface area contributed by atoms with E-state index in [0.29, 0.717) is 6.79 Å². The minimum absolute atomic E-state index is 0.412. The Bertz CT molecular complexity index is 272. The molecule has 0 N–H and O–H groups in total. The maximum absolute atomic E-state index is 5.29. The standard InChI is InChI=1S/C9H12O2PS/c13-12(7-10-6-11-8-12)9-4-2-1-3-5-9/h1-5,13H,6-8H2/q+1. The van der Waals surface area contributed by atoms with E-state index >= 15 is 0 Å². The highest BCUT2D eigenvalue weighted by molar-refractivity contribution is 8.55. The highest BCUT2D eigenvalue weighted by Crippen LogP contribution is 2.63. The minimum atomic E-state index is -1.47. The van der Waals surface area contributed by atoms with Crippen molar-refractivity contribution in [2.24, 2.45) is 0 Å².